The van der Waals surface area contributed by atoms with Crippen molar-refractivity contribution in [2.75, 3.05) is 0 Å². The summed E-state index contributed by atoms with van der Waals surface area (Å²) in [7, 11) is 0. The Labute approximate surface area is 104 Å². The molecule has 0 aliphatic heterocycles. The number of ketones is 1. The zero-order chi connectivity index (χ0) is 13.3. The van der Waals surface area contributed by atoms with E-state index in [1.807, 2.05) is 0 Å². The number of nitrogens with zero attached hydrogens (tertiary/aromatic N) is 1. The summed E-state index contributed by atoms with van der Waals surface area (Å²) in [6, 6.07) is 0. The van der Waals surface area contributed by atoms with Gasteiger partial charge < -0.3 is 9.97 Å². The third kappa shape index (κ3) is 2.23. The number of hydrogen-bond donors (Lipinski definition) is 2. The molecule has 0 aliphatic rings. The van der Waals surface area contributed by atoms with E-state index in [4.69, 9.17) is 0 Å². The maximum atomic E-state index is 11.9. The second-order valence-electron chi connectivity index (χ2n) is 3.63. The molecule has 0 fully saturated rings. The normalized spacial score (nSPS) is 10.5. The van der Waals surface area contributed by atoms with Crippen LogP contribution in [0.2, 0.25) is 0 Å². The summed E-state index contributed by atoms with van der Waals surface area (Å²) in [5.74, 6) is -0.427. The summed E-state index contributed by atoms with van der Waals surface area (Å²) in [4.78, 5) is 50.1. The van der Waals surface area contributed by atoms with E-state index >= 15 is 0 Å². The minimum Gasteiger partial charge on any atom is -0.315 e. The van der Waals surface area contributed by atoms with Crippen LogP contribution < -0.4 is 16.1 Å². The summed E-state index contributed by atoms with van der Waals surface area (Å²) >= 11 is 0.940. The van der Waals surface area contributed by atoms with E-state index in [1.54, 1.807) is 0 Å². The minimum atomic E-state index is -0.668. The molecule has 7 nitrogen and oxygen atoms in total. The van der Waals surface area contributed by atoms with Gasteiger partial charge in [-0.05, 0) is 6.92 Å². The number of carbonyl (C=O) groups excluding carboxylic acids is 1. The first kappa shape index (κ1) is 12.2. The fourth-order valence-electron chi connectivity index (χ4n) is 1.47. The molecule has 0 unspecified atom stereocenters. The summed E-state index contributed by atoms with van der Waals surface area (Å²) in [5, 5.41) is 1.52. The van der Waals surface area contributed by atoms with Crippen molar-refractivity contribution in [1.29, 1.82) is 0 Å². The molecule has 0 aliphatic carbocycles. The van der Waals surface area contributed by atoms with E-state index in [-0.39, 0.29) is 17.0 Å². The molecule has 2 aromatic rings. The van der Waals surface area contributed by atoms with Crippen molar-refractivity contribution in [3.63, 3.8) is 0 Å². The van der Waals surface area contributed by atoms with Crippen LogP contribution in [0, 0.1) is 0 Å². The van der Waals surface area contributed by atoms with Gasteiger partial charge in [-0.15, -0.1) is 0 Å². The Bertz CT molecular complexity index is 764. The summed E-state index contributed by atoms with van der Waals surface area (Å²) in [6.45, 7) is 1.17. The van der Waals surface area contributed by atoms with E-state index in [2.05, 4.69) is 9.97 Å². The van der Waals surface area contributed by atoms with E-state index in [1.165, 1.54) is 12.3 Å². The van der Waals surface area contributed by atoms with Crippen molar-refractivity contribution < 1.29 is 4.79 Å². The molecule has 2 N–H and O–H groups in total. The van der Waals surface area contributed by atoms with Crippen molar-refractivity contribution in [3.05, 3.63) is 53.3 Å². The third-order valence-corrected chi connectivity index (χ3v) is 3.06. The maximum absolute atomic E-state index is 11.9. The molecule has 8 heteroatoms. The molecule has 2 heterocycles. The smallest absolute Gasteiger partial charge is 0.315 e. The number of carbonyl (C=O) groups is 1. The average molecular weight is 267 g/mol. The van der Waals surface area contributed by atoms with E-state index < -0.39 is 17.0 Å². The van der Waals surface area contributed by atoms with Gasteiger partial charge in [0.15, 0.2) is 5.78 Å². The zero-order valence-electron chi connectivity index (χ0n) is 9.35. The largest absolute Gasteiger partial charge is 0.328 e. The van der Waals surface area contributed by atoms with Gasteiger partial charge in [0.2, 0.25) is 0 Å². The second kappa shape index (κ2) is 4.57. The number of nitrogens with one attached hydrogen (secondary N) is 2. The van der Waals surface area contributed by atoms with E-state index in [0.717, 1.165) is 22.1 Å². The topological polar surface area (TPSA) is 105 Å². The van der Waals surface area contributed by atoms with Crippen LogP contribution in [0.1, 0.15) is 23.0 Å². The molecule has 0 atom stereocenters. The summed E-state index contributed by atoms with van der Waals surface area (Å²) in [6.07, 6.45) is 1.10. The highest BCUT2D eigenvalue weighted by Gasteiger charge is 2.11. The fraction of sp³-hybridized carbons (Fsp3) is 0.200. The Morgan fingerprint density at radius 1 is 1.39 bits per heavy atom. The van der Waals surface area contributed by atoms with Gasteiger partial charge in [0.1, 0.15) is 0 Å². The van der Waals surface area contributed by atoms with Gasteiger partial charge in [-0.1, -0.05) is 11.3 Å². The summed E-state index contributed by atoms with van der Waals surface area (Å²) in [5.41, 5.74) is -0.944. The number of H-pyrrole nitrogens is 2. The zero-order valence-corrected chi connectivity index (χ0v) is 10.2. The van der Waals surface area contributed by atoms with Crippen LogP contribution in [0.3, 0.4) is 0 Å². The van der Waals surface area contributed by atoms with E-state index in [0.29, 0.717) is 5.69 Å². The van der Waals surface area contributed by atoms with Crippen LogP contribution in [0.25, 0.3) is 0 Å². The monoisotopic (exact) mass is 267 g/mol. The Morgan fingerprint density at radius 3 is 2.67 bits per heavy atom. The lowest BCUT2D eigenvalue weighted by atomic mass is 10.2. The average Bonchev–Trinajstić information content (AvgIpc) is 2.69. The Morgan fingerprint density at radius 2 is 2.11 bits per heavy atom. The predicted molar refractivity (Wildman–Crippen MR) is 65.4 cm³/mol. The Hall–Kier alpha value is -2.22. The molecule has 0 saturated heterocycles. The SMILES string of the molecule is CC(=O)c1c[nH]c(=O)n(Cc2csc(=O)[nH]2)c1=O. The van der Waals surface area contributed by atoms with Crippen LogP contribution in [-0.4, -0.2) is 20.3 Å². The standard InChI is InChI=1S/C10H9N3O4S/c1-5(14)7-2-11-9(16)13(8(7)15)3-6-4-18-10(17)12-6/h2,4H,3H2,1H3,(H,11,16)(H,12,17). The Balaban J connectivity index is 2.54. The number of Topliss-reactive ketones (excluding diaryl/α,β-unsaturated/α-hetero) is 1. The van der Waals surface area contributed by atoms with Crippen molar-refractivity contribution in [2.24, 2.45) is 0 Å². The molecular weight excluding hydrogens is 258 g/mol. The lowest BCUT2D eigenvalue weighted by molar-refractivity contribution is 0.101. The van der Waals surface area contributed by atoms with Gasteiger partial charge in [0.05, 0.1) is 12.1 Å². The van der Waals surface area contributed by atoms with Crippen molar-refractivity contribution >= 4 is 17.1 Å². The number of aromatic amines is 2. The molecule has 0 bridgehead atoms. The molecular formula is C10H9N3O4S. The van der Waals surface area contributed by atoms with Gasteiger partial charge in [0, 0.05) is 17.3 Å². The van der Waals surface area contributed by atoms with Gasteiger partial charge in [0.25, 0.3) is 5.56 Å². The fourth-order valence-corrected chi connectivity index (χ4v) is 2.04. The van der Waals surface area contributed by atoms with Gasteiger partial charge in [-0.3, -0.25) is 19.0 Å². The van der Waals surface area contributed by atoms with Gasteiger partial charge in [-0.2, -0.15) is 0 Å². The van der Waals surface area contributed by atoms with Crippen molar-refractivity contribution in [3.8, 4) is 0 Å². The van der Waals surface area contributed by atoms with Crippen LogP contribution in [-0.2, 0) is 6.54 Å². The quantitative estimate of drug-likeness (QED) is 0.734. The number of hydrogen-bond acceptors (Lipinski definition) is 5. The second-order valence-corrected chi connectivity index (χ2v) is 4.47. The first-order valence-electron chi connectivity index (χ1n) is 4.99. The predicted octanol–water partition coefficient (Wildman–Crippen LogP) is -0.463. The molecule has 0 radical (unpaired) electrons. The highest BCUT2D eigenvalue weighted by atomic mass is 32.1. The molecule has 0 amide bonds. The molecule has 0 spiro atoms. The lowest BCUT2D eigenvalue weighted by Gasteiger charge is -2.03. The van der Waals surface area contributed by atoms with Crippen LogP contribution in [0.15, 0.2) is 26.0 Å². The van der Waals surface area contributed by atoms with Crippen molar-refractivity contribution in [1.82, 2.24) is 14.5 Å². The molecule has 2 aromatic heterocycles. The molecule has 2 rings (SSSR count). The first-order chi connectivity index (χ1) is 8.49. The number of rotatable bonds is 3. The van der Waals surface area contributed by atoms with Crippen LogP contribution in [0.4, 0.5) is 0 Å². The van der Waals surface area contributed by atoms with Crippen LogP contribution in [0.5, 0.6) is 0 Å². The summed E-state index contributed by atoms with van der Waals surface area (Å²) < 4.78 is 0.870. The Kier molecular flexibility index (Phi) is 3.11. The molecule has 0 saturated carbocycles. The lowest BCUT2D eigenvalue weighted by Crippen LogP contribution is -2.38. The highest BCUT2D eigenvalue weighted by molar-refractivity contribution is 7.07. The molecule has 94 valence electrons. The van der Waals surface area contributed by atoms with E-state index in [9.17, 15) is 19.2 Å². The highest BCUT2D eigenvalue weighted by Crippen LogP contribution is 1.96. The van der Waals surface area contributed by atoms with Crippen LogP contribution >= 0.6 is 11.3 Å². The first-order valence-corrected chi connectivity index (χ1v) is 5.87. The number of thiazole rings is 1. The number of aromatic nitrogens is 3. The molecule has 0 aromatic carbocycles. The van der Waals surface area contributed by atoms with Crippen molar-refractivity contribution in [2.45, 2.75) is 13.5 Å². The molecule has 18 heavy (non-hydrogen) atoms. The third-order valence-electron chi connectivity index (χ3n) is 2.34. The maximum Gasteiger partial charge on any atom is 0.328 e. The van der Waals surface area contributed by atoms with Gasteiger partial charge >= 0.3 is 10.6 Å². The van der Waals surface area contributed by atoms with Gasteiger partial charge in [-0.25, -0.2) is 4.79 Å². The minimum absolute atomic E-state index is 0.0754.